The maximum atomic E-state index is 3.64. The van der Waals surface area contributed by atoms with E-state index in [9.17, 15) is 0 Å². The van der Waals surface area contributed by atoms with Crippen molar-refractivity contribution in [3.8, 4) is 0 Å². The molecule has 0 radical (unpaired) electrons. The molecule has 3 heteroatoms. The summed E-state index contributed by atoms with van der Waals surface area (Å²) in [6.45, 7) is 6.66. The maximum absolute atomic E-state index is 3.64. The van der Waals surface area contributed by atoms with Gasteiger partial charge in [-0.15, -0.1) is 11.3 Å². The average molecular weight is 366 g/mol. The molecule has 1 unspecified atom stereocenters. The summed E-state index contributed by atoms with van der Waals surface area (Å²) >= 11 is 5.49. The Bertz CT molecular complexity index is 521. The fraction of sp³-hybridized carbons (Fsp3) is 0.444. The van der Waals surface area contributed by atoms with Gasteiger partial charge in [-0.3, -0.25) is 0 Å². The molecule has 1 heterocycles. The molecule has 2 aromatic rings. The Morgan fingerprint density at radius 1 is 1.10 bits per heavy atom. The smallest absolute Gasteiger partial charge is 0.0314 e. The molecule has 1 aromatic carbocycles. The minimum absolute atomic E-state index is 0.582. The predicted octanol–water partition coefficient (Wildman–Crippen LogP) is 5.47. The molecule has 0 bridgehead atoms. The van der Waals surface area contributed by atoms with Crippen molar-refractivity contribution < 1.29 is 0 Å². The number of halogens is 1. The Balaban J connectivity index is 1.96. The van der Waals surface area contributed by atoms with Crippen molar-refractivity contribution in [1.82, 2.24) is 5.32 Å². The molecule has 0 saturated carbocycles. The molecule has 0 amide bonds. The minimum Gasteiger partial charge on any atom is -0.316 e. The highest BCUT2D eigenvalue weighted by atomic mass is 79.9. The highest BCUT2D eigenvalue weighted by Gasteiger charge is 2.13. The van der Waals surface area contributed by atoms with Crippen LogP contribution in [0.1, 0.15) is 36.6 Å². The lowest BCUT2D eigenvalue weighted by molar-refractivity contribution is 0.501. The molecule has 0 spiro atoms. The third-order valence-electron chi connectivity index (χ3n) is 3.63. The summed E-state index contributed by atoms with van der Waals surface area (Å²) < 4.78 is 1.26. The van der Waals surface area contributed by atoms with Crippen molar-refractivity contribution >= 4 is 27.3 Å². The lowest BCUT2D eigenvalue weighted by atomic mass is 9.93. The topological polar surface area (TPSA) is 12.0 Å². The van der Waals surface area contributed by atoms with Gasteiger partial charge in [0, 0.05) is 15.9 Å². The van der Waals surface area contributed by atoms with Crippen molar-refractivity contribution in [3.05, 3.63) is 56.7 Å². The fourth-order valence-corrected chi connectivity index (χ4v) is 4.04. The highest BCUT2D eigenvalue weighted by Crippen LogP contribution is 2.28. The standard InChI is InChI=1S/C18H24BrNS/c1-14(2)12-20-13-16(15-6-4-3-5-7-15)8-9-18-17(19)10-11-21-18/h3-7,10-11,14,16,20H,8-9,12-13H2,1-2H3. The Hall–Kier alpha value is -0.640. The molecule has 114 valence electrons. The zero-order valence-corrected chi connectivity index (χ0v) is 15.2. The molecule has 21 heavy (non-hydrogen) atoms. The Kier molecular flexibility index (Phi) is 6.94. The third-order valence-corrected chi connectivity index (χ3v) is 5.61. The molecule has 0 aliphatic rings. The van der Waals surface area contributed by atoms with Gasteiger partial charge < -0.3 is 5.32 Å². The van der Waals surface area contributed by atoms with Gasteiger partial charge in [0.15, 0.2) is 0 Å². The van der Waals surface area contributed by atoms with Crippen LogP contribution in [0, 0.1) is 5.92 Å². The van der Waals surface area contributed by atoms with Gasteiger partial charge in [0.05, 0.1) is 0 Å². The van der Waals surface area contributed by atoms with Gasteiger partial charge in [-0.05, 0) is 64.2 Å². The zero-order valence-electron chi connectivity index (χ0n) is 12.8. The van der Waals surface area contributed by atoms with E-state index in [1.807, 2.05) is 11.3 Å². The summed E-state index contributed by atoms with van der Waals surface area (Å²) in [5.41, 5.74) is 1.45. The van der Waals surface area contributed by atoms with Crippen molar-refractivity contribution in [2.75, 3.05) is 13.1 Å². The molecule has 1 nitrogen and oxygen atoms in total. The van der Waals surface area contributed by atoms with Crippen LogP contribution in [-0.2, 0) is 6.42 Å². The second kappa shape index (κ2) is 8.72. The number of hydrogen-bond acceptors (Lipinski definition) is 2. The Morgan fingerprint density at radius 3 is 2.48 bits per heavy atom. The number of rotatable bonds is 8. The monoisotopic (exact) mass is 365 g/mol. The molecule has 1 aromatic heterocycles. The van der Waals surface area contributed by atoms with Crippen molar-refractivity contribution in [2.24, 2.45) is 5.92 Å². The van der Waals surface area contributed by atoms with E-state index in [-0.39, 0.29) is 0 Å². The summed E-state index contributed by atoms with van der Waals surface area (Å²) in [5, 5.41) is 5.78. The first-order valence-corrected chi connectivity index (χ1v) is 9.31. The normalized spacial score (nSPS) is 12.8. The Labute approximate surface area is 140 Å². The first-order chi connectivity index (χ1) is 10.2. The maximum Gasteiger partial charge on any atom is 0.0314 e. The molecular formula is C18H24BrNS. The van der Waals surface area contributed by atoms with Crippen molar-refractivity contribution in [3.63, 3.8) is 0 Å². The van der Waals surface area contributed by atoms with Crippen LogP contribution in [0.5, 0.6) is 0 Å². The number of benzene rings is 1. The minimum atomic E-state index is 0.582. The summed E-state index contributed by atoms with van der Waals surface area (Å²) in [5.74, 6) is 1.28. The van der Waals surface area contributed by atoms with Gasteiger partial charge in [0.2, 0.25) is 0 Å². The Morgan fingerprint density at radius 2 is 1.86 bits per heavy atom. The van der Waals surface area contributed by atoms with Gasteiger partial charge in [0.1, 0.15) is 0 Å². The summed E-state index contributed by atoms with van der Waals surface area (Å²) in [4.78, 5) is 1.46. The highest BCUT2D eigenvalue weighted by molar-refractivity contribution is 9.10. The van der Waals surface area contributed by atoms with Crippen LogP contribution >= 0.6 is 27.3 Å². The van der Waals surface area contributed by atoms with E-state index in [1.165, 1.54) is 21.3 Å². The van der Waals surface area contributed by atoms with Gasteiger partial charge in [0.25, 0.3) is 0 Å². The van der Waals surface area contributed by atoms with Crippen LogP contribution < -0.4 is 5.32 Å². The molecule has 0 saturated heterocycles. The van der Waals surface area contributed by atoms with E-state index in [1.54, 1.807) is 0 Å². The first-order valence-electron chi connectivity index (χ1n) is 7.64. The molecule has 0 fully saturated rings. The SMILES string of the molecule is CC(C)CNCC(CCc1sccc1Br)c1ccccc1. The summed E-state index contributed by atoms with van der Waals surface area (Å²) in [7, 11) is 0. The van der Waals surface area contributed by atoms with Crippen molar-refractivity contribution in [1.29, 1.82) is 0 Å². The number of hydrogen-bond donors (Lipinski definition) is 1. The van der Waals surface area contributed by atoms with Gasteiger partial charge >= 0.3 is 0 Å². The van der Waals surface area contributed by atoms with E-state index in [0.717, 1.165) is 19.5 Å². The van der Waals surface area contributed by atoms with Crippen LogP contribution in [0.4, 0.5) is 0 Å². The van der Waals surface area contributed by atoms with E-state index < -0.39 is 0 Å². The van der Waals surface area contributed by atoms with Gasteiger partial charge in [-0.2, -0.15) is 0 Å². The van der Waals surface area contributed by atoms with Gasteiger partial charge in [-0.25, -0.2) is 0 Å². The van der Waals surface area contributed by atoms with E-state index in [0.29, 0.717) is 11.8 Å². The lowest BCUT2D eigenvalue weighted by Gasteiger charge is -2.19. The first kappa shape index (κ1) is 16.7. The predicted molar refractivity (Wildman–Crippen MR) is 97.2 cm³/mol. The molecule has 1 N–H and O–H groups in total. The molecule has 2 rings (SSSR count). The quantitative estimate of drug-likeness (QED) is 0.653. The van der Waals surface area contributed by atoms with E-state index in [2.05, 4.69) is 76.9 Å². The van der Waals surface area contributed by atoms with Gasteiger partial charge in [-0.1, -0.05) is 44.2 Å². The number of thiophene rings is 1. The average Bonchev–Trinajstić information content (AvgIpc) is 2.88. The summed E-state index contributed by atoms with van der Waals surface area (Å²) in [6.07, 6.45) is 2.33. The van der Waals surface area contributed by atoms with Crippen LogP contribution in [0.2, 0.25) is 0 Å². The fourth-order valence-electron chi connectivity index (χ4n) is 2.47. The summed E-state index contributed by atoms with van der Waals surface area (Å²) in [6, 6.07) is 13.0. The second-order valence-electron chi connectivity index (χ2n) is 5.89. The molecule has 0 aliphatic carbocycles. The second-order valence-corrected chi connectivity index (χ2v) is 7.75. The van der Waals surface area contributed by atoms with E-state index >= 15 is 0 Å². The van der Waals surface area contributed by atoms with E-state index in [4.69, 9.17) is 0 Å². The number of aryl methyl sites for hydroxylation is 1. The number of nitrogens with one attached hydrogen (secondary N) is 1. The van der Waals surface area contributed by atoms with Crippen LogP contribution in [0.3, 0.4) is 0 Å². The largest absolute Gasteiger partial charge is 0.316 e. The molecule has 0 aliphatic heterocycles. The zero-order chi connectivity index (χ0) is 15.1. The van der Waals surface area contributed by atoms with Crippen molar-refractivity contribution in [2.45, 2.75) is 32.6 Å². The van der Waals surface area contributed by atoms with Crippen LogP contribution in [-0.4, -0.2) is 13.1 Å². The third kappa shape index (κ3) is 5.57. The lowest BCUT2D eigenvalue weighted by Crippen LogP contribution is -2.25. The molecular weight excluding hydrogens is 342 g/mol. The molecule has 1 atom stereocenters. The van der Waals surface area contributed by atoms with Crippen LogP contribution in [0.25, 0.3) is 0 Å². The van der Waals surface area contributed by atoms with Crippen LogP contribution in [0.15, 0.2) is 46.3 Å².